The van der Waals surface area contributed by atoms with Crippen LogP contribution >= 0.6 is 0 Å². The summed E-state index contributed by atoms with van der Waals surface area (Å²) in [5.41, 5.74) is 0. The molecule has 1 fully saturated rings. The van der Waals surface area contributed by atoms with Crippen LogP contribution in [-0.4, -0.2) is 17.2 Å². The van der Waals surface area contributed by atoms with Crippen LogP contribution < -0.4 is 0 Å². The molecule has 3 nitrogen and oxygen atoms in total. The molecular weight excluding hydrogens is 264 g/mol. The first kappa shape index (κ1) is 17.5. The van der Waals surface area contributed by atoms with E-state index in [2.05, 4.69) is 37.3 Å². The van der Waals surface area contributed by atoms with Crippen molar-refractivity contribution in [3.8, 4) is 0 Å². The Balaban J connectivity index is 1.92. The molecule has 3 heteroatoms. The van der Waals surface area contributed by atoms with Crippen LogP contribution in [0.5, 0.6) is 0 Å². The number of epoxide rings is 1. The number of ether oxygens (including phenoxy) is 1. The number of hydrogen-bond donors (Lipinski definition) is 1. The predicted octanol–water partition coefficient (Wildman–Crippen LogP) is 5.00. The Morgan fingerprint density at radius 2 is 1.90 bits per heavy atom. The Bertz CT molecular complexity index is 380. The molecule has 0 amide bonds. The summed E-state index contributed by atoms with van der Waals surface area (Å²) in [4.78, 5) is 10.3. The van der Waals surface area contributed by atoms with Gasteiger partial charge in [0.15, 0.2) is 6.10 Å². The van der Waals surface area contributed by atoms with Crippen LogP contribution in [0.3, 0.4) is 0 Å². The molecule has 0 aliphatic carbocycles. The summed E-state index contributed by atoms with van der Waals surface area (Å²) >= 11 is 0. The lowest BCUT2D eigenvalue weighted by atomic mass is 10.1. The largest absolute Gasteiger partial charge is 0.483 e. The monoisotopic (exact) mass is 292 g/mol. The molecule has 1 atom stereocenters. The zero-order valence-corrected chi connectivity index (χ0v) is 13.1. The minimum Gasteiger partial charge on any atom is -0.483 e. The molecule has 1 saturated heterocycles. The van der Waals surface area contributed by atoms with Crippen molar-refractivity contribution in [1.29, 1.82) is 0 Å². The molecule has 21 heavy (non-hydrogen) atoms. The average Bonchev–Trinajstić information content (AvgIpc) is 3.19. The smallest absolute Gasteiger partial charge is 0.303 e. The van der Waals surface area contributed by atoms with Gasteiger partial charge in [-0.15, -0.1) is 0 Å². The standard InChI is InChI=1S/C18H28O3/c1-2-3-10-13-16-17(21-16)14-11-8-6-4-5-7-9-12-15-18(19)20/h3,8,10-11,14,16H,2,4-7,9,12-13,15H2,1H3,(H,19,20)/b10-3-,11-8-,17-14-. The second-order valence-corrected chi connectivity index (χ2v) is 5.42. The number of carboxylic acids is 1. The number of unbranched alkanes of at least 4 members (excludes halogenated alkanes) is 5. The number of hydrogen-bond acceptors (Lipinski definition) is 2. The third-order valence-electron chi connectivity index (χ3n) is 3.45. The second kappa shape index (κ2) is 11.2. The fourth-order valence-corrected chi connectivity index (χ4v) is 2.16. The van der Waals surface area contributed by atoms with Crippen LogP contribution in [0.1, 0.15) is 64.7 Å². The topological polar surface area (TPSA) is 49.8 Å². The molecule has 1 heterocycles. The van der Waals surface area contributed by atoms with E-state index in [0.717, 1.165) is 44.3 Å². The molecule has 0 radical (unpaired) electrons. The highest BCUT2D eigenvalue weighted by Gasteiger charge is 2.29. The number of rotatable bonds is 12. The van der Waals surface area contributed by atoms with Crippen LogP contribution in [-0.2, 0) is 9.53 Å². The van der Waals surface area contributed by atoms with E-state index in [1.54, 1.807) is 0 Å². The molecule has 0 aromatic carbocycles. The molecule has 0 bridgehead atoms. The van der Waals surface area contributed by atoms with Gasteiger partial charge in [-0.3, -0.25) is 4.79 Å². The fourth-order valence-electron chi connectivity index (χ4n) is 2.16. The van der Waals surface area contributed by atoms with Gasteiger partial charge in [0, 0.05) is 12.8 Å². The molecular formula is C18H28O3. The minimum absolute atomic E-state index is 0.308. The number of aliphatic carboxylic acids is 1. The van der Waals surface area contributed by atoms with Gasteiger partial charge in [-0.1, -0.05) is 50.5 Å². The van der Waals surface area contributed by atoms with Crippen LogP contribution in [0.4, 0.5) is 0 Å². The molecule has 1 N–H and O–H groups in total. The van der Waals surface area contributed by atoms with Gasteiger partial charge in [0.25, 0.3) is 0 Å². The number of carboxylic acid groups (broad SMARTS) is 1. The van der Waals surface area contributed by atoms with E-state index in [-0.39, 0.29) is 0 Å². The van der Waals surface area contributed by atoms with Crippen molar-refractivity contribution >= 4 is 5.97 Å². The molecule has 0 saturated carbocycles. The number of allylic oxidation sites excluding steroid dienone is 4. The van der Waals surface area contributed by atoms with Crippen molar-refractivity contribution in [3.63, 3.8) is 0 Å². The lowest BCUT2D eigenvalue weighted by Gasteiger charge is -1.97. The molecule has 0 spiro atoms. The molecule has 0 aromatic rings. The molecule has 1 aliphatic rings. The summed E-state index contributed by atoms with van der Waals surface area (Å²) in [5.74, 6) is 0.414. The van der Waals surface area contributed by atoms with Crippen LogP contribution in [0, 0.1) is 0 Å². The second-order valence-electron chi connectivity index (χ2n) is 5.42. The van der Waals surface area contributed by atoms with E-state index in [4.69, 9.17) is 9.84 Å². The Morgan fingerprint density at radius 1 is 1.14 bits per heavy atom. The van der Waals surface area contributed by atoms with Crippen molar-refractivity contribution in [2.75, 3.05) is 0 Å². The van der Waals surface area contributed by atoms with Crippen LogP contribution in [0.25, 0.3) is 0 Å². The van der Waals surface area contributed by atoms with Gasteiger partial charge < -0.3 is 9.84 Å². The van der Waals surface area contributed by atoms with Crippen molar-refractivity contribution in [3.05, 3.63) is 36.1 Å². The van der Waals surface area contributed by atoms with Crippen molar-refractivity contribution in [2.24, 2.45) is 0 Å². The van der Waals surface area contributed by atoms with Gasteiger partial charge in [-0.2, -0.15) is 0 Å². The summed E-state index contributed by atoms with van der Waals surface area (Å²) in [6.07, 6.45) is 19.8. The molecule has 1 unspecified atom stereocenters. The summed E-state index contributed by atoms with van der Waals surface area (Å²) in [6, 6.07) is 0. The summed E-state index contributed by atoms with van der Waals surface area (Å²) in [6.45, 7) is 2.13. The van der Waals surface area contributed by atoms with E-state index in [1.807, 2.05) is 0 Å². The van der Waals surface area contributed by atoms with Gasteiger partial charge in [-0.25, -0.2) is 0 Å². The minimum atomic E-state index is -0.684. The molecule has 0 aromatic heterocycles. The third kappa shape index (κ3) is 9.94. The van der Waals surface area contributed by atoms with Gasteiger partial charge in [0.2, 0.25) is 0 Å². The van der Waals surface area contributed by atoms with Crippen LogP contribution in [0.2, 0.25) is 0 Å². The van der Waals surface area contributed by atoms with Gasteiger partial charge >= 0.3 is 5.97 Å². The molecule has 118 valence electrons. The van der Waals surface area contributed by atoms with Gasteiger partial charge in [-0.05, 0) is 31.8 Å². The average molecular weight is 292 g/mol. The van der Waals surface area contributed by atoms with E-state index in [9.17, 15) is 4.79 Å². The highest BCUT2D eigenvalue weighted by atomic mass is 16.6. The third-order valence-corrected chi connectivity index (χ3v) is 3.45. The van der Waals surface area contributed by atoms with E-state index >= 15 is 0 Å². The first-order chi connectivity index (χ1) is 10.2. The van der Waals surface area contributed by atoms with E-state index < -0.39 is 5.97 Å². The zero-order chi connectivity index (χ0) is 15.3. The lowest BCUT2D eigenvalue weighted by Crippen LogP contribution is -1.93. The van der Waals surface area contributed by atoms with Gasteiger partial charge in [0.05, 0.1) is 0 Å². The normalized spacial score (nSPS) is 19.5. The Hall–Kier alpha value is -1.51. The highest BCUT2D eigenvalue weighted by molar-refractivity contribution is 5.66. The predicted molar refractivity (Wildman–Crippen MR) is 86.1 cm³/mol. The van der Waals surface area contributed by atoms with E-state index in [0.29, 0.717) is 12.5 Å². The Labute approximate surface area is 128 Å². The SMILES string of the molecule is CC/C=C\CC1O/C1=C\C=C/CCCCCCCC(=O)O. The first-order valence-corrected chi connectivity index (χ1v) is 8.14. The summed E-state index contributed by atoms with van der Waals surface area (Å²) in [5, 5.41) is 8.51. The van der Waals surface area contributed by atoms with Crippen molar-refractivity contribution in [2.45, 2.75) is 70.8 Å². The molecule has 1 rings (SSSR count). The lowest BCUT2D eigenvalue weighted by molar-refractivity contribution is -0.137. The fraction of sp³-hybridized carbons (Fsp3) is 0.611. The van der Waals surface area contributed by atoms with Crippen LogP contribution in [0.15, 0.2) is 36.1 Å². The zero-order valence-electron chi connectivity index (χ0n) is 13.1. The van der Waals surface area contributed by atoms with E-state index in [1.165, 1.54) is 12.8 Å². The summed E-state index contributed by atoms with van der Waals surface area (Å²) < 4.78 is 5.47. The Morgan fingerprint density at radius 3 is 2.67 bits per heavy atom. The quantitative estimate of drug-likeness (QED) is 0.313. The maximum atomic E-state index is 10.3. The summed E-state index contributed by atoms with van der Waals surface area (Å²) in [7, 11) is 0. The van der Waals surface area contributed by atoms with Crippen molar-refractivity contribution in [1.82, 2.24) is 0 Å². The Kier molecular flexibility index (Phi) is 9.34. The maximum Gasteiger partial charge on any atom is 0.303 e. The molecule has 1 aliphatic heterocycles. The highest BCUT2D eigenvalue weighted by Crippen LogP contribution is 2.30. The maximum absolute atomic E-state index is 10.3. The number of carbonyl (C=O) groups is 1. The van der Waals surface area contributed by atoms with Crippen molar-refractivity contribution < 1.29 is 14.6 Å². The first-order valence-electron chi connectivity index (χ1n) is 8.14. The van der Waals surface area contributed by atoms with Gasteiger partial charge in [0.1, 0.15) is 5.76 Å².